The second kappa shape index (κ2) is 7.65. The maximum atomic E-state index is 13.5. The van der Waals surface area contributed by atoms with Crippen molar-refractivity contribution in [3.8, 4) is 0 Å². The number of rotatable bonds is 2. The number of nitrogens with two attached hydrogens (primary N) is 1. The van der Waals surface area contributed by atoms with E-state index in [1.165, 1.54) is 18.3 Å². The molecule has 1 aliphatic rings. The first kappa shape index (κ1) is 21.1. The van der Waals surface area contributed by atoms with Crippen molar-refractivity contribution in [2.75, 3.05) is 5.32 Å². The third kappa shape index (κ3) is 4.18. The molecule has 0 saturated carbocycles. The fraction of sp³-hybridized carbons (Fsp3) is 0.176. The normalized spacial score (nSPS) is 16.9. The van der Waals surface area contributed by atoms with E-state index >= 15 is 0 Å². The number of anilines is 1. The molecule has 0 bridgehead atoms. The van der Waals surface area contributed by atoms with Gasteiger partial charge in [-0.05, 0) is 24.3 Å². The van der Waals surface area contributed by atoms with Gasteiger partial charge in [-0.2, -0.15) is 36.3 Å². The Kier molecular flexibility index (Phi) is 5.37. The van der Waals surface area contributed by atoms with E-state index in [4.69, 9.17) is 10.5 Å². The Labute approximate surface area is 165 Å². The van der Waals surface area contributed by atoms with Crippen LogP contribution in [-0.2, 0) is 4.74 Å². The van der Waals surface area contributed by atoms with Crippen LogP contribution < -0.4 is 11.1 Å². The van der Waals surface area contributed by atoms with Crippen LogP contribution in [0.2, 0.25) is 0 Å². The standard InChI is InChI=1S/C17H12F6N6O/c18-16(19,20)15(17(21,22)23)28-12(10-5-4-8-25-9-10)30-14(29-15)27-13(24)26-11-6-2-1-3-7-11/h1-9H,(H3,24,26,27,29). The van der Waals surface area contributed by atoms with Crippen LogP contribution in [0.25, 0.3) is 0 Å². The van der Waals surface area contributed by atoms with E-state index in [0.717, 1.165) is 6.20 Å². The second-order valence-electron chi connectivity index (χ2n) is 5.81. The van der Waals surface area contributed by atoms with Gasteiger partial charge in [-0.25, -0.2) is 4.99 Å². The number of pyridine rings is 1. The van der Waals surface area contributed by atoms with Crippen molar-refractivity contribution in [2.24, 2.45) is 20.7 Å². The molecule has 13 heteroatoms. The zero-order valence-corrected chi connectivity index (χ0v) is 14.7. The molecule has 0 fully saturated rings. The van der Waals surface area contributed by atoms with Crippen LogP contribution in [0.1, 0.15) is 5.56 Å². The van der Waals surface area contributed by atoms with E-state index in [1.807, 2.05) is 0 Å². The largest absolute Gasteiger partial charge is 0.443 e. The smallest absolute Gasteiger partial charge is 0.405 e. The van der Waals surface area contributed by atoms with Gasteiger partial charge in [0.25, 0.3) is 0 Å². The SMILES string of the molecule is NC(=NC1=NC(C(F)(F)F)(C(F)(F)F)N=C(c2cccnc2)O1)Nc1ccccc1. The molecule has 2 heterocycles. The Balaban J connectivity index is 2.08. The molecule has 1 aromatic heterocycles. The van der Waals surface area contributed by atoms with Crippen molar-refractivity contribution in [1.82, 2.24) is 4.98 Å². The fourth-order valence-electron chi connectivity index (χ4n) is 2.32. The highest BCUT2D eigenvalue weighted by Crippen LogP contribution is 2.48. The van der Waals surface area contributed by atoms with Gasteiger partial charge in [-0.15, -0.1) is 0 Å². The summed E-state index contributed by atoms with van der Waals surface area (Å²) in [7, 11) is 0. The molecule has 3 N–H and O–H groups in total. The van der Waals surface area contributed by atoms with E-state index < -0.39 is 35.9 Å². The molecule has 2 aromatic rings. The summed E-state index contributed by atoms with van der Waals surface area (Å²) in [6.07, 6.45) is -9.63. The zero-order valence-electron chi connectivity index (χ0n) is 14.7. The number of hydrogen-bond acceptors (Lipinski definition) is 5. The molecule has 3 rings (SSSR count). The van der Waals surface area contributed by atoms with Crippen LogP contribution in [0, 0.1) is 0 Å². The molecule has 7 nitrogen and oxygen atoms in total. The average Bonchev–Trinajstić information content (AvgIpc) is 2.67. The summed E-state index contributed by atoms with van der Waals surface area (Å²) >= 11 is 0. The number of nitrogens with one attached hydrogen (secondary N) is 1. The van der Waals surface area contributed by atoms with Gasteiger partial charge in [0.15, 0.2) is 0 Å². The van der Waals surface area contributed by atoms with Gasteiger partial charge < -0.3 is 15.8 Å². The minimum Gasteiger partial charge on any atom is -0.405 e. The fourth-order valence-corrected chi connectivity index (χ4v) is 2.32. The first-order valence-corrected chi connectivity index (χ1v) is 8.09. The number of guanidine groups is 1. The number of ether oxygens (including phenoxy) is 1. The molecule has 0 unspecified atom stereocenters. The molecule has 0 amide bonds. The van der Waals surface area contributed by atoms with E-state index in [-0.39, 0.29) is 5.56 Å². The molecule has 0 radical (unpaired) electrons. The molecular formula is C17H12F6N6O. The number of aliphatic imine (C=N–C) groups is 3. The minimum atomic E-state index is -5.94. The topological polar surface area (TPSA) is 97.2 Å². The Morgan fingerprint density at radius 2 is 1.63 bits per heavy atom. The van der Waals surface area contributed by atoms with Crippen molar-refractivity contribution >= 4 is 23.6 Å². The molecule has 0 saturated heterocycles. The summed E-state index contributed by atoms with van der Waals surface area (Å²) in [4.78, 5) is 12.5. The Hall–Kier alpha value is -3.64. The Bertz CT molecular complexity index is 971. The monoisotopic (exact) mass is 430 g/mol. The third-order valence-corrected chi connectivity index (χ3v) is 3.67. The van der Waals surface area contributed by atoms with Crippen molar-refractivity contribution < 1.29 is 31.1 Å². The van der Waals surface area contributed by atoms with E-state index in [2.05, 4.69) is 25.3 Å². The summed E-state index contributed by atoms with van der Waals surface area (Å²) in [5.41, 5.74) is 0.907. The minimum absolute atomic E-state index is 0.243. The summed E-state index contributed by atoms with van der Waals surface area (Å²) in [5.74, 6) is -1.57. The molecule has 0 atom stereocenters. The van der Waals surface area contributed by atoms with E-state index in [1.54, 1.807) is 30.3 Å². The van der Waals surface area contributed by atoms with Gasteiger partial charge in [0, 0.05) is 18.1 Å². The number of nitrogens with zero attached hydrogens (tertiary/aromatic N) is 4. The van der Waals surface area contributed by atoms with Crippen molar-refractivity contribution in [2.45, 2.75) is 18.0 Å². The summed E-state index contributed by atoms with van der Waals surface area (Å²) in [6.45, 7) is 0. The molecule has 0 spiro atoms. The zero-order chi connectivity index (χ0) is 22.0. The second-order valence-corrected chi connectivity index (χ2v) is 5.81. The molecule has 30 heavy (non-hydrogen) atoms. The maximum Gasteiger partial charge on any atom is 0.443 e. The number of aromatic nitrogens is 1. The molecule has 158 valence electrons. The lowest BCUT2D eigenvalue weighted by molar-refractivity contribution is -0.293. The van der Waals surface area contributed by atoms with E-state index in [0.29, 0.717) is 5.69 Å². The van der Waals surface area contributed by atoms with Crippen molar-refractivity contribution in [3.05, 3.63) is 60.4 Å². The summed E-state index contributed by atoms with van der Waals surface area (Å²) in [5, 5.41) is 2.50. The van der Waals surface area contributed by atoms with Crippen molar-refractivity contribution in [3.63, 3.8) is 0 Å². The lowest BCUT2D eigenvalue weighted by Crippen LogP contribution is -2.56. The quantitative estimate of drug-likeness (QED) is 0.433. The Morgan fingerprint density at radius 3 is 2.20 bits per heavy atom. The van der Waals surface area contributed by atoms with Gasteiger partial charge in [-0.1, -0.05) is 18.2 Å². The number of alkyl halides is 6. The van der Waals surface area contributed by atoms with Crippen LogP contribution in [0.15, 0.2) is 69.8 Å². The predicted molar refractivity (Wildman–Crippen MR) is 95.8 cm³/mol. The molecule has 1 aromatic carbocycles. The molecule has 0 aliphatic carbocycles. The number of halogens is 6. The van der Waals surface area contributed by atoms with Gasteiger partial charge in [0.2, 0.25) is 11.9 Å². The molecule has 1 aliphatic heterocycles. The van der Waals surface area contributed by atoms with Crippen LogP contribution in [0.4, 0.5) is 32.0 Å². The molecular weight excluding hydrogens is 418 g/mol. The average molecular weight is 430 g/mol. The Morgan fingerprint density at radius 1 is 0.967 bits per heavy atom. The highest BCUT2D eigenvalue weighted by atomic mass is 19.4. The van der Waals surface area contributed by atoms with Crippen LogP contribution in [0.5, 0.6) is 0 Å². The summed E-state index contributed by atoms with van der Waals surface area (Å²) < 4.78 is 86.2. The number of para-hydroxylation sites is 1. The van der Waals surface area contributed by atoms with Crippen molar-refractivity contribution in [1.29, 1.82) is 0 Å². The van der Waals surface area contributed by atoms with Gasteiger partial charge in [0.05, 0.1) is 5.56 Å². The first-order chi connectivity index (χ1) is 14.0. The summed E-state index contributed by atoms with van der Waals surface area (Å²) in [6, 6.07) is 9.19. The van der Waals surface area contributed by atoms with Crippen LogP contribution in [0.3, 0.4) is 0 Å². The van der Waals surface area contributed by atoms with Gasteiger partial charge >= 0.3 is 24.0 Å². The van der Waals surface area contributed by atoms with Gasteiger partial charge in [0.1, 0.15) is 0 Å². The van der Waals surface area contributed by atoms with E-state index in [9.17, 15) is 26.3 Å². The maximum absolute atomic E-state index is 13.5. The lowest BCUT2D eigenvalue weighted by atomic mass is 10.1. The lowest BCUT2D eigenvalue weighted by Gasteiger charge is -2.33. The number of hydrogen-bond donors (Lipinski definition) is 2. The highest BCUT2D eigenvalue weighted by Gasteiger charge is 2.74. The van der Waals surface area contributed by atoms with Crippen LogP contribution >= 0.6 is 0 Å². The number of amidine groups is 1. The first-order valence-electron chi connectivity index (χ1n) is 8.09. The predicted octanol–water partition coefficient (Wildman–Crippen LogP) is 3.46. The third-order valence-electron chi connectivity index (χ3n) is 3.67. The highest BCUT2D eigenvalue weighted by molar-refractivity contribution is 6.07. The van der Waals surface area contributed by atoms with Crippen LogP contribution in [-0.4, -0.2) is 40.9 Å². The van der Waals surface area contributed by atoms with Gasteiger partial charge in [-0.3, -0.25) is 4.98 Å². The number of benzene rings is 1.